The number of carbonyl (C=O) groups excluding carboxylic acids is 1. The Morgan fingerprint density at radius 3 is 2.54 bits per heavy atom. The molecule has 2 N–H and O–H groups in total. The second-order valence-electron chi connectivity index (χ2n) is 9.21. The van der Waals surface area contributed by atoms with Gasteiger partial charge >= 0.3 is 11.9 Å². The van der Waals surface area contributed by atoms with Crippen LogP contribution in [-0.2, 0) is 13.1 Å². The first-order chi connectivity index (χ1) is 18.6. The van der Waals surface area contributed by atoms with Gasteiger partial charge in [0.05, 0.1) is 17.8 Å². The van der Waals surface area contributed by atoms with Gasteiger partial charge in [-0.05, 0) is 55.2 Å². The van der Waals surface area contributed by atoms with Gasteiger partial charge in [0.2, 0.25) is 0 Å². The van der Waals surface area contributed by atoms with E-state index >= 15 is 0 Å². The number of benzene rings is 2. The van der Waals surface area contributed by atoms with Crippen molar-refractivity contribution in [3.63, 3.8) is 0 Å². The number of nitrogens with zero attached hydrogens (tertiary/aromatic N) is 6. The number of para-hydroxylation sites is 1. The zero-order valence-electron chi connectivity index (χ0n) is 20.3. The lowest BCUT2D eigenvalue weighted by Gasteiger charge is -2.15. The maximum atomic E-state index is 13.1. The third kappa shape index (κ3) is 6.04. The molecule has 1 amide bonds. The molecule has 0 unspecified atom stereocenters. The lowest BCUT2D eigenvalue weighted by Crippen LogP contribution is -2.37. The summed E-state index contributed by atoms with van der Waals surface area (Å²) in [4.78, 5) is 30.0. The van der Waals surface area contributed by atoms with Gasteiger partial charge in [-0.2, -0.15) is 13.2 Å². The second kappa shape index (κ2) is 10.7. The molecule has 14 heteroatoms. The summed E-state index contributed by atoms with van der Waals surface area (Å²) in [5.41, 5.74) is 0.300. The highest BCUT2D eigenvalue weighted by molar-refractivity contribution is 6.30. The third-order valence-corrected chi connectivity index (χ3v) is 6.48. The van der Waals surface area contributed by atoms with E-state index in [0.29, 0.717) is 34.3 Å². The smallest absolute Gasteiger partial charge is 0.382 e. The minimum atomic E-state index is -4.93. The topological polar surface area (TPSA) is 120 Å². The fraction of sp³-hybridized carbons (Fsp3) is 0.320. The number of carbonyl (C=O) groups is 1. The average Bonchev–Trinajstić information content (AvgIpc) is 3.55. The molecule has 4 aromatic rings. The van der Waals surface area contributed by atoms with Crippen molar-refractivity contribution in [2.24, 2.45) is 5.92 Å². The minimum Gasteiger partial charge on any atom is -0.382 e. The molecule has 0 saturated heterocycles. The van der Waals surface area contributed by atoms with Gasteiger partial charge in [-0.15, -0.1) is 10.2 Å². The highest BCUT2D eigenvalue weighted by Gasteiger charge is 2.39. The quantitative estimate of drug-likeness (QED) is 0.324. The van der Waals surface area contributed by atoms with Crippen LogP contribution in [0.5, 0.6) is 0 Å². The predicted molar refractivity (Wildman–Crippen MR) is 135 cm³/mol. The van der Waals surface area contributed by atoms with E-state index in [1.54, 1.807) is 24.3 Å². The molecule has 10 nitrogen and oxygen atoms in total. The standard InChI is InChI=1S/C25H23ClF3N7O3/c26-17-9-7-16(8-10-17)22-33-35(24(39)34(22)12-20(37)25(27,28)29)13-21-31-14-36(32-21)19-4-2-1-3-18(19)23(38)30-11-15-5-6-15/h1-4,7-10,14-15,20,37H,5-6,11-13H2,(H,30,38)/t20-/m0/s1. The largest absolute Gasteiger partial charge is 0.416 e. The van der Waals surface area contributed by atoms with Crippen LogP contribution in [-0.4, -0.2) is 59.0 Å². The van der Waals surface area contributed by atoms with Gasteiger partial charge < -0.3 is 10.4 Å². The Kier molecular flexibility index (Phi) is 7.28. The van der Waals surface area contributed by atoms with Crippen molar-refractivity contribution in [1.29, 1.82) is 0 Å². The van der Waals surface area contributed by atoms with Crippen LogP contribution in [0.15, 0.2) is 59.7 Å². The summed E-state index contributed by atoms with van der Waals surface area (Å²) in [5, 5.41) is 21.5. The zero-order valence-corrected chi connectivity index (χ0v) is 21.1. The lowest BCUT2D eigenvalue weighted by molar-refractivity contribution is -0.207. The number of hydrogen-bond donors (Lipinski definition) is 2. The van der Waals surface area contributed by atoms with E-state index in [2.05, 4.69) is 20.5 Å². The van der Waals surface area contributed by atoms with E-state index in [1.807, 2.05) is 0 Å². The number of hydrogen-bond acceptors (Lipinski definition) is 6. The first-order valence-corrected chi connectivity index (χ1v) is 12.4. The van der Waals surface area contributed by atoms with Gasteiger partial charge in [0, 0.05) is 17.1 Å². The van der Waals surface area contributed by atoms with Gasteiger partial charge in [0.1, 0.15) is 12.9 Å². The van der Waals surface area contributed by atoms with Gasteiger partial charge in [-0.1, -0.05) is 23.7 Å². The van der Waals surface area contributed by atoms with E-state index in [4.69, 9.17) is 11.6 Å². The Morgan fingerprint density at radius 2 is 1.85 bits per heavy atom. The summed E-state index contributed by atoms with van der Waals surface area (Å²) in [6.07, 6.45) is -4.15. The van der Waals surface area contributed by atoms with Crippen molar-refractivity contribution in [3.8, 4) is 17.1 Å². The molecule has 1 aliphatic rings. The fourth-order valence-electron chi connectivity index (χ4n) is 3.94. The van der Waals surface area contributed by atoms with Gasteiger partial charge in [-0.25, -0.2) is 19.1 Å². The Labute approximate surface area is 224 Å². The fourth-order valence-corrected chi connectivity index (χ4v) is 4.06. The monoisotopic (exact) mass is 561 g/mol. The van der Waals surface area contributed by atoms with Crippen molar-refractivity contribution in [2.75, 3.05) is 6.54 Å². The molecule has 39 heavy (non-hydrogen) atoms. The van der Waals surface area contributed by atoms with Gasteiger partial charge in [-0.3, -0.25) is 9.36 Å². The van der Waals surface area contributed by atoms with Crippen LogP contribution in [0.4, 0.5) is 13.2 Å². The molecule has 2 aromatic carbocycles. The summed E-state index contributed by atoms with van der Waals surface area (Å²) in [6.45, 7) is -0.719. The summed E-state index contributed by atoms with van der Waals surface area (Å²) in [7, 11) is 0. The van der Waals surface area contributed by atoms with E-state index < -0.39 is 24.5 Å². The molecule has 204 valence electrons. The third-order valence-electron chi connectivity index (χ3n) is 6.23. The molecule has 0 spiro atoms. The van der Waals surface area contributed by atoms with E-state index in [-0.39, 0.29) is 24.1 Å². The molecular weight excluding hydrogens is 539 g/mol. The highest BCUT2D eigenvalue weighted by Crippen LogP contribution is 2.28. The molecule has 1 saturated carbocycles. The van der Waals surface area contributed by atoms with Crippen LogP contribution in [0.3, 0.4) is 0 Å². The molecule has 0 radical (unpaired) electrons. The number of aliphatic hydroxyl groups excluding tert-OH is 1. The van der Waals surface area contributed by atoms with E-state index in [1.165, 1.54) is 35.3 Å². The Hall–Kier alpha value is -3.97. The van der Waals surface area contributed by atoms with E-state index in [9.17, 15) is 27.9 Å². The van der Waals surface area contributed by atoms with Gasteiger partial charge in [0.15, 0.2) is 17.8 Å². The molecule has 0 aliphatic heterocycles. The number of aliphatic hydroxyl groups is 1. The number of aromatic nitrogens is 6. The van der Waals surface area contributed by atoms with Crippen LogP contribution >= 0.6 is 11.6 Å². The Morgan fingerprint density at radius 1 is 1.13 bits per heavy atom. The summed E-state index contributed by atoms with van der Waals surface area (Å²) in [6, 6.07) is 12.8. The highest BCUT2D eigenvalue weighted by atomic mass is 35.5. The first-order valence-electron chi connectivity index (χ1n) is 12.1. The van der Waals surface area contributed by atoms with Crippen molar-refractivity contribution < 1.29 is 23.1 Å². The van der Waals surface area contributed by atoms with Crippen LogP contribution < -0.4 is 11.0 Å². The lowest BCUT2D eigenvalue weighted by atomic mass is 10.1. The summed E-state index contributed by atoms with van der Waals surface area (Å²) < 4.78 is 42.3. The van der Waals surface area contributed by atoms with Crippen molar-refractivity contribution >= 4 is 17.5 Å². The number of amides is 1. The Balaban J connectivity index is 1.43. The molecule has 5 rings (SSSR count). The molecular formula is C25H23ClF3N7O3. The molecule has 2 heterocycles. The van der Waals surface area contributed by atoms with E-state index in [0.717, 1.165) is 22.1 Å². The van der Waals surface area contributed by atoms with Crippen molar-refractivity contribution in [1.82, 2.24) is 34.4 Å². The summed E-state index contributed by atoms with van der Waals surface area (Å²) in [5.74, 6) is 0.304. The SMILES string of the molecule is O=C(NCC1CC1)c1ccccc1-n1cnc(Cn2nc(-c3ccc(Cl)cc3)n(C[C@H](O)C(F)(F)F)c2=O)n1. The molecule has 1 fully saturated rings. The summed E-state index contributed by atoms with van der Waals surface area (Å²) >= 11 is 5.92. The van der Waals surface area contributed by atoms with Crippen LogP contribution in [0, 0.1) is 5.92 Å². The van der Waals surface area contributed by atoms with Crippen LogP contribution in [0.25, 0.3) is 17.1 Å². The number of nitrogens with one attached hydrogen (secondary N) is 1. The minimum absolute atomic E-state index is 0.0860. The average molecular weight is 562 g/mol. The normalized spacial score (nSPS) is 14.4. The van der Waals surface area contributed by atoms with Crippen molar-refractivity contribution in [2.45, 2.75) is 38.2 Å². The number of rotatable bonds is 9. The van der Waals surface area contributed by atoms with Crippen molar-refractivity contribution in [3.05, 3.63) is 81.8 Å². The molecule has 1 atom stereocenters. The first kappa shape index (κ1) is 26.6. The zero-order chi connectivity index (χ0) is 27.7. The molecule has 0 bridgehead atoms. The Bertz CT molecular complexity index is 1540. The maximum Gasteiger partial charge on any atom is 0.416 e. The van der Waals surface area contributed by atoms with Gasteiger partial charge in [0.25, 0.3) is 5.91 Å². The molecule has 2 aromatic heterocycles. The predicted octanol–water partition coefficient (Wildman–Crippen LogP) is 3.06. The molecule has 1 aliphatic carbocycles. The number of alkyl halides is 3. The number of halogens is 4. The second-order valence-corrected chi connectivity index (χ2v) is 9.65. The van der Waals surface area contributed by atoms with Crippen LogP contribution in [0.2, 0.25) is 5.02 Å². The maximum absolute atomic E-state index is 13.1. The van der Waals surface area contributed by atoms with Crippen LogP contribution in [0.1, 0.15) is 29.0 Å².